The van der Waals surface area contributed by atoms with Gasteiger partial charge in [-0.25, -0.2) is 0 Å². The van der Waals surface area contributed by atoms with Gasteiger partial charge in [0.2, 0.25) is 5.91 Å². The third kappa shape index (κ3) is 3.23. The largest absolute Gasteiger partial charge is 0.319 e. The van der Waals surface area contributed by atoms with Gasteiger partial charge in [0.1, 0.15) is 6.17 Å². The van der Waals surface area contributed by atoms with Crippen LogP contribution in [0.4, 0.5) is 0 Å². The smallest absolute Gasteiger partial charge is 0.241 e. The third-order valence-electron chi connectivity index (χ3n) is 4.08. The maximum atomic E-state index is 12.7. The average Bonchev–Trinajstić information content (AvgIpc) is 3.05. The van der Waals surface area contributed by atoms with E-state index >= 15 is 0 Å². The van der Waals surface area contributed by atoms with Gasteiger partial charge in [0, 0.05) is 6.04 Å². The molecular formula is C16H26N2OS. The van der Waals surface area contributed by atoms with Gasteiger partial charge in [0.25, 0.3) is 0 Å². The second-order valence-corrected chi connectivity index (χ2v) is 6.48. The van der Waals surface area contributed by atoms with Gasteiger partial charge in [-0.15, -0.1) is 0 Å². The van der Waals surface area contributed by atoms with Gasteiger partial charge in [-0.1, -0.05) is 33.1 Å². The van der Waals surface area contributed by atoms with Gasteiger partial charge < -0.3 is 4.90 Å². The Morgan fingerprint density at radius 1 is 1.40 bits per heavy atom. The second kappa shape index (κ2) is 7.23. The Balaban J connectivity index is 2.16. The molecule has 1 saturated heterocycles. The second-order valence-electron chi connectivity index (χ2n) is 5.70. The maximum Gasteiger partial charge on any atom is 0.241 e. The molecule has 3 nitrogen and oxygen atoms in total. The van der Waals surface area contributed by atoms with Crippen LogP contribution in [0.1, 0.15) is 64.6 Å². The van der Waals surface area contributed by atoms with Gasteiger partial charge in [0.05, 0.1) is 6.04 Å². The zero-order valence-corrected chi connectivity index (χ0v) is 13.6. The summed E-state index contributed by atoms with van der Waals surface area (Å²) in [5.41, 5.74) is 1.23. The van der Waals surface area contributed by atoms with Crippen LogP contribution in [0.5, 0.6) is 0 Å². The Morgan fingerprint density at radius 3 is 2.80 bits per heavy atom. The molecule has 1 aliphatic heterocycles. The van der Waals surface area contributed by atoms with Crippen molar-refractivity contribution in [1.29, 1.82) is 0 Å². The summed E-state index contributed by atoms with van der Waals surface area (Å²) >= 11 is 1.70. The molecule has 0 saturated carbocycles. The molecule has 1 aromatic rings. The normalized spacial score (nSPS) is 24.4. The summed E-state index contributed by atoms with van der Waals surface area (Å²) < 4.78 is 0. The van der Waals surface area contributed by atoms with Crippen LogP contribution in [-0.4, -0.2) is 22.9 Å². The van der Waals surface area contributed by atoms with Crippen molar-refractivity contribution in [3.63, 3.8) is 0 Å². The number of nitrogens with zero attached hydrogens (tertiary/aromatic N) is 1. The highest BCUT2D eigenvalue weighted by atomic mass is 32.1. The van der Waals surface area contributed by atoms with Crippen molar-refractivity contribution in [2.75, 3.05) is 0 Å². The molecule has 1 aromatic heterocycles. The molecule has 2 rings (SSSR count). The van der Waals surface area contributed by atoms with E-state index < -0.39 is 0 Å². The van der Waals surface area contributed by atoms with Crippen molar-refractivity contribution in [3.8, 4) is 0 Å². The van der Waals surface area contributed by atoms with Gasteiger partial charge in [0.15, 0.2) is 0 Å². The van der Waals surface area contributed by atoms with Crippen molar-refractivity contribution >= 4 is 17.2 Å². The van der Waals surface area contributed by atoms with E-state index in [9.17, 15) is 4.79 Å². The zero-order valence-electron chi connectivity index (χ0n) is 12.8. The summed E-state index contributed by atoms with van der Waals surface area (Å²) in [7, 11) is 0. The number of carbonyl (C=O) groups is 1. The van der Waals surface area contributed by atoms with E-state index in [1.54, 1.807) is 11.3 Å². The number of thiophene rings is 1. The molecule has 3 atom stereocenters. The van der Waals surface area contributed by atoms with Crippen LogP contribution in [0.2, 0.25) is 0 Å². The molecule has 1 fully saturated rings. The lowest BCUT2D eigenvalue weighted by Crippen LogP contribution is -2.38. The van der Waals surface area contributed by atoms with Gasteiger partial charge in [-0.3, -0.25) is 10.1 Å². The molecular weight excluding hydrogens is 268 g/mol. The van der Waals surface area contributed by atoms with Crippen molar-refractivity contribution in [2.45, 2.75) is 71.1 Å². The van der Waals surface area contributed by atoms with Crippen molar-refractivity contribution in [2.24, 2.45) is 0 Å². The minimum absolute atomic E-state index is 0.00558. The van der Waals surface area contributed by atoms with E-state index in [4.69, 9.17) is 0 Å². The standard InChI is InChI=1S/C16H26N2OS/c1-4-6-8-12(3)18-15(13-9-10-20-11-13)17-14(7-5-2)16(18)19/h9-12,14-15,17H,4-8H2,1-3H3. The number of rotatable bonds is 7. The van der Waals surface area contributed by atoms with E-state index in [2.05, 4.69) is 47.8 Å². The van der Waals surface area contributed by atoms with Crippen LogP contribution in [-0.2, 0) is 4.79 Å². The summed E-state index contributed by atoms with van der Waals surface area (Å²) in [5, 5.41) is 7.77. The monoisotopic (exact) mass is 294 g/mol. The summed E-state index contributed by atoms with van der Waals surface area (Å²) in [6, 6.07) is 2.43. The first-order valence-corrected chi connectivity index (χ1v) is 8.73. The topological polar surface area (TPSA) is 32.3 Å². The minimum atomic E-state index is -0.00558. The average molecular weight is 294 g/mol. The Kier molecular flexibility index (Phi) is 5.61. The first-order valence-electron chi connectivity index (χ1n) is 7.79. The molecule has 1 amide bonds. The first-order chi connectivity index (χ1) is 9.69. The lowest BCUT2D eigenvalue weighted by Gasteiger charge is -2.30. The fourth-order valence-electron chi connectivity index (χ4n) is 2.94. The van der Waals surface area contributed by atoms with Crippen LogP contribution >= 0.6 is 11.3 Å². The summed E-state index contributed by atoms with van der Waals surface area (Å²) in [6.07, 6.45) is 5.48. The van der Waals surface area contributed by atoms with Crippen LogP contribution in [0.15, 0.2) is 16.8 Å². The van der Waals surface area contributed by atoms with Crippen LogP contribution in [0.3, 0.4) is 0 Å². The Bertz CT molecular complexity index is 418. The lowest BCUT2D eigenvalue weighted by atomic mass is 10.1. The van der Waals surface area contributed by atoms with Crippen molar-refractivity contribution in [3.05, 3.63) is 22.4 Å². The third-order valence-corrected chi connectivity index (χ3v) is 4.78. The number of unbranched alkanes of at least 4 members (excludes halogenated alkanes) is 1. The van der Waals surface area contributed by atoms with Gasteiger partial charge in [-0.05, 0) is 42.2 Å². The lowest BCUT2D eigenvalue weighted by molar-refractivity contribution is -0.132. The highest BCUT2D eigenvalue weighted by Crippen LogP contribution is 2.31. The zero-order chi connectivity index (χ0) is 14.5. The Labute approximate surface area is 126 Å². The molecule has 1 N–H and O–H groups in total. The van der Waals surface area contributed by atoms with E-state index in [0.717, 1.165) is 19.3 Å². The number of amides is 1. The minimum Gasteiger partial charge on any atom is -0.319 e. The van der Waals surface area contributed by atoms with Gasteiger partial charge >= 0.3 is 0 Å². The summed E-state index contributed by atoms with van der Waals surface area (Å²) in [4.78, 5) is 14.8. The van der Waals surface area contributed by atoms with E-state index in [1.165, 1.54) is 18.4 Å². The Hall–Kier alpha value is -0.870. The highest BCUT2D eigenvalue weighted by molar-refractivity contribution is 7.07. The van der Waals surface area contributed by atoms with Crippen LogP contribution < -0.4 is 5.32 Å². The molecule has 112 valence electrons. The number of carbonyl (C=O) groups excluding carboxylic acids is 1. The molecule has 0 bridgehead atoms. The summed E-state index contributed by atoms with van der Waals surface area (Å²) in [5.74, 6) is 0.284. The number of hydrogen-bond acceptors (Lipinski definition) is 3. The molecule has 1 aliphatic rings. The van der Waals surface area contributed by atoms with E-state index in [1.807, 2.05) is 0 Å². The predicted octanol–water partition coefficient (Wildman–Crippen LogP) is 3.93. The fraction of sp³-hybridized carbons (Fsp3) is 0.688. The fourth-order valence-corrected chi connectivity index (χ4v) is 3.62. The molecule has 2 heterocycles. The summed E-state index contributed by atoms with van der Waals surface area (Å²) in [6.45, 7) is 6.52. The highest BCUT2D eigenvalue weighted by Gasteiger charge is 2.41. The molecule has 4 heteroatoms. The van der Waals surface area contributed by atoms with Crippen LogP contribution in [0, 0.1) is 0 Å². The predicted molar refractivity (Wildman–Crippen MR) is 84.7 cm³/mol. The van der Waals surface area contributed by atoms with Crippen molar-refractivity contribution in [1.82, 2.24) is 10.2 Å². The SMILES string of the molecule is CCCCC(C)N1C(=O)C(CCC)NC1c1ccsc1. The maximum absolute atomic E-state index is 12.7. The Morgan fingerprint density at radius 2 is 2.20 bits per heavy atom. The number of nitrogens with one attached hydrogen (secondary N) is 1. The van der Waals surface area contributed by atoms with E-state index in [-0.39, 0.29) is 18.1 Å². The molecule has 0 aliphatic carbocycles. The number of hydrogen-bond donors (Lipinski definition) is 1. The molecule has 0 aromatic carbocycles. The molecule has 0 spiro atoms. The molecule has 20 heavy (non-hydrogen) atoms. The van der Waals surface area contributed by atoms with Crippen molar-refractivity contribution < 1.29 is 4.79 Å². The van der Waals surface area contributed by atoms with Gasteiger partial charge in [-0.2, -0.15) is 11.3 Å². The molecule has 3 unspecified atom stereocenters. The van der Waals surface area contributed by atoms with Crippen LogP contribution in [0.25, 0.3) is 0 Å². The first kappa shape index (κ1) is 15.5. The van der Waals surface area contributed by atoms with E-state index in [0.29, 0.717) is 6.04 Å². The quantitative estimate of drug-likeness (QED) is 0.826. The molecule has 0 radical (unpaired) electrons.